The number of aryl methyl sites for hydroxylation is 1. The smallest absolute Gasteiger partial charge is 0.264 e. The van der Waals surface area contributed by atoms with Gasteiger partial charge in [-0.1, -0.05) is 0 Å². The van der Waals surface area contributed by atoms with Crippen LogP contribution in [0.5, 0.6) is 0 Å². The molecule has 2 N–H and O–H groups in total. The molecule has 1 aromatic carbocycles. The summed E-state index contributed by atoms with van der Waals surface area (Å²) in [6.07, 6.45) is 0.973. The molecule has 3 nitrogen and oxygen atoms in total. The Balaban J connectivity index is 1.94. The number of nitrogens with zero attached hydrogens (tertiary/aromatic N) is 1. The number of halogens is 1. The van der Waals surface area contributed by atoms with Gasteiger partial charge in [-0.2, -0.15) is 0 Å². The molecule has 1 atom stereocenters. The van der Waals surface area contributed by atoms with Crippen molar-refractivity contribution in [3.05, 3.63) is 34.5 Å². The molecule has 1 saturated heterocycles. The van der Waals surface area contributed by atoms with Crippen LogP contribution >= 0.6 is 11.3 Å². The molecule has 1 fully saturated rings. The Labute approximate surface area is 121 Å². The SMILES string of the molecule is Cc1c(C(=O)N2CCC(CN)C2)sc2ccc(F)cc12. The number of nitrogens with two attached hydrogens (primary N) is 1. The van der Waals surface area contributed by atoms with Crippen molar-refractivity contribution < 1.29 is 9.18 Å². The van der Waals surface area contributed by atoms with Crippen molar-refractivity contribution >= 4 is 27.3 Å². The molecular formula is C15H17FN2OS. The van der Waals surface area contributed by atoms with Crippen molar-refractivity contribution in [2.75, 3.05) is 19.6 Å². The van der Waals surface area contributed by atoms with Gasteiger partial charge >= 0.3 is 0 Å². The number of carbonyl (C=O) groups is 1. The number of hydrogen-bond donors (Lipinski definition) is 1. The molecule has 1 aromatic heterocycles. The van der Waals surface area contributed by atoms with E-state index in [0.29, 0.717) is 12.5 Å². The first kappa shape index (κ1) is 13.5. The van der Waals surface area contributed by atoms with Crippen LogP contribution in [0.2, 0.25) is 0 Å². The van der Waals surface area contributed by atoms with E-state index in [1.807, 2.05) is 11.8 Å². The topological polar surface area (TPSA) is 46.3 Å². The zero-order chi connectivity index (χ0) is 14.3. The minimum absolute atomic E-state index is 0.0556. The van der Waals surface area contributed by atoms with E-state index < -0.39 is 0 Å². The minimum atomic E-state index is -0.262. The molecule has 0 spiro atoms. The second-order valence-electron chi connectivity index (χ2n) is 5.34. The van der Waals surface area contributed by atoms with Crippen LogP contribution in [-0.4, -0.2) is 30.4 Å². The summed E-state index contributed by atoms with van der Waals surface area (Å²) >= 11 is 1.45. The summed E-state index contributed by atoms with van der Waals surface area (Å²) in [4.78, 5) is 15.2. The van der Waals surface area contributed by atoms with E-state index >= 15 is 0 Å². The Kier molecular flexibility index (Phi) is 3.48. The fraction of sp³-hybridized carbons (Fsp3) is 0.400. The summed E-state index contributed by atoms with van der Waals surface area (Å²) in [5, 5.41) is 0.841. The van der Waals surface area contributed by atoms with Crippen molar-refractivity contribution in [2.45, 2.75) is 13.3 Å². The predicted octanol–water partition coefficient (Wildman–Crippen LogP) is 2.77. The summed E-state index contributed by atoms with van der Waals surface area (Å²) < 4.78 is 14.3. The van der Waals surface area contributed by atoms with Gasteiger partial charge in [-0.25, -0.2) is 4.39 Å². The zero-order valence-corrected chi connectivity index (χ0v) is 12.2. The molecule has 0 radical (unpaired) electrons. The number of hydrogen-bond acceptors (Lipinski definition) is 3. The van der Waals surface area contributed by atoms with Gasteiger partial charge in [-0.05, 0) is 55.0 Å². The van der Waals surface area contributed by atoms with E-state index in [-0.39, 0.29) is 11.7 Å². The molecule has 106 valence electrons. The lowest BCUT2D eigenvalue weighted by molar-refractivity contribution is 0.0792. The first-order valence-corrected chi connectivity index (χ1v) is 7.59. The van der Waals surface area contributed by atoms with E-state index in [1.54, 1.807) is 6.07 Å². The largest absolute Gasteiger partial charge is 0.338 e. The Morgan fingerprint density at radius 3 is 3.05 bits per heavy atom. The van der Waals surface area contributed by atoms with Gasteiger partial charge in [0.1, 0.15) is 5.82 Å². The van der Waals surface area contributed by atoms with E-state index in [0.717, 1.165) is 40.0 Å². The van der Waals surface area contributed by atoms with E-state index in [1.165, 1.54) is 23.5 Å². The van der Waals surface area contributed by atoms with Crippen molar-refractivity contribution in [3.8, 4) is 0 Å². The summed E-state index contributed by atoms with van der Waals surface area (Å²) in [6.45, 7) is 4.02. The number of fused-ring (bicyclic) bond motifs is 1. The molecule has 1 unspecified atom stereocenters. The van der Waals surface area contributed by atoms with Crippen LogP contribution in [-0.2, 0) is 0 Å². The average molecular weight is 292 g/mol. The van der Waals surface area contributed by atoms with Crippen LogP contribution in [0, 0.1) is 18.7 Å². The molecule has 0 bridgehead atoms. The van der Waals surface area contributed by atoms with Crippen molar-refractivity contribution in [2.24, 2.45) is 11.7 Å². The highest BCUT2D eigenvalue weighted by Gasteiger charge is 2.28. The second kappa shape index (κ2) is 5.14. The van der Waals surface area contributed by atoms with E-state index in [9.17, 15) is 9.18 Å². The number of likely N-dealkylation sites (tertiary alicyclic amines) is 1. The van der Waals surface area contributed by atoms with E-state index in [2.05, 4.69) is 0 Å². The van der Waals surface area contributed by atoms with Gasteiger partial charge in [0.15, 0.2) is 0 Å². The van der Waals surface area contributed by atoms with Gasteiger partial charge in [0.25, 0.3) is 5.91 Å². The highest BCUT2D eigenvalue weighted by Crippen LogP contribution is 2.33. The highest BCUT2D eigenvalue weighted by molar-refractivity contribution is 7.21. The van der Waals surface area contributed by atoms with Gasteiger partial charge < -0.3 is 10.6 Å². The number of amides is 1. The summed E-state index contributed by atoms with van der Waals surface area (Å²) in [5.41, 5.74) is 6.55. The van der Waals surface area contributed by atoms with Crippen molar-refractivity contribution in [3.63, 3.8) is 0 Å². The zero-order valence-electron chi connectivity index (χ0n) is 11.4. The summed E-state index contributed by atoms with van der Waals surface area (Å²) in [5.74, 6) is 0.202. The maximum Gasteiger partial charge on any atom is 0.264 e. The number of carbonyl (C=O) groups excluding carboxylic acids is 1. The van der Waals surface area contributed by atoms with Gasteiger partial charge in [-0.15, -0.1) is 11.3 Å². The average Bonchev–Trinajstić information content (AvgIpc) is 3.04. The molecule has 1 aliphatic heterocycles. The van der Waals surface area contributed by atoms with Gasteiger partial charge in [0, 0.05) is 17.8 Å². The monoisotopic (exact) mass is 292 g/mol. The van der Waals surface area contributed by atoms with E-state index in [4.69, 9.17) is 5.73 Å². The van der Waals surface area contributed by atoms with Gasteiger partial charge in [0.2, 0.25) is 0 Å². The number of benzene rings is 1. The summed E-state index contributed by atoms with van der Waals surface area (Å²) in [6, 6.07) is 4.68. The maximum absolute atomic E-state index is 13.3. The van der Waals surface area contributed by atoms with Crippen LogP contribution in [0.15, 0.2) is 18.2 Å². The van der Waals surface area contributed by atoms with Gasteiger partial charge in [0.05, 0.1) is 4.88 Å². The molecule has 2 heterocycles. The Hall–Kier alpha value is -1.46. The first-order valence-electron chi connectivity index (χ1n) is 6.78. The standard InChI is InChI=1S/C15H17FN2OS/c1-9-12-6-11(16)2-3-13(12)20-14(9)15(19)18-5-4-10(7-17)8-18/h2-3,6,10H,4-5,7-8,17H2,1H3. The highest BCUT2D eigenvalue weighted by atomic mass is 32.1. The van der Waals surface area contributed by atoms with Crippen LogP contribution in [0.4, 0.5) is 4.39 Å². The van der Waals surface area contributed by atoms with Crippen molar-refractivity contribution in [1.82, 2.24) is 4.90 Å². The Morgan fingerprint density at radius 2 is 2.35 bits per heavy atom. The lowest BCUT2D eigenvalue weighted by Crippen LogP contribution is -2.29. The van der Waals surface area contributed by atoms with Crippen LogP contribution in [0.3, 0.4) is 0 Å². The molecular weight excluding hydrogens is 275 g/mol. The Morgan fingerprint density at radius 1 is 1.55 bits per heavy atom. The normalized spacial score (nSPS) is 18.9. The van der Waals surface area contributed by atoms with Gasteiger partial charge in [-0.3, -0.25) is 4.79 Å². The molecule has 0 saturated carbocycles. The molecule has 20 heavy (non-hydrogen) atoms. The molecule has 2 aromatic rings. The molecule has 3 rings (SSSR count). The quantitative estimate of drug-likeness (QED) is 0.925. The lowest BCUT2D eigenvalue weighted by Gasteiger charge is -2.15. The third kappa shape index (κ3) is 2.21. The molecule has 1 amide bonds. The van der Waals surface area contributed by atoms with Crippen LogP contribution < -0.4 is 5.73 Å². The van der Waals surface area contributed by atoms with Crippen LogP contribution in [0.1, 0.15) is 21.7 Å². The third-order valence-electron chi connectivity index (χ3n) is 4.00. The third-order valence-corrected chi connectivity index (χ3v) is 5.26. The summed E-state index contributed by atoms with van der Waals surface area (Å²) in [7, 11) is 0. The first-order chi connectivity index (χ1) is 9.60. The second-order valence-corrected chi connectivity index (χ2v) is 6.39. The number of thiophene rings is 1. The molecule has 1 aliphatic rings. The van der Waals surface area contributed by atoms with Crippen LogP contribution in [0.25, 0.3) is 10.1 Å². The molecule has 5 heteroatoms. The predicted molar refractivity (Wildman–Crippen MR) is 79.6 cm³/mol. The van der Waals surface area contributed by atoms with Crippen molar-refractivity contribution in [1.29, 1.82) is 0 Å². The molecule has 0 aliphatic carbocycles. The maximum atomic E-state index is 13.3. The minimum Gasteiger partial charge on any atom is -0.338 e. The number of rotatable bonds is 2. The fourth-order valence-corrected chi connectivity index (χ4v) is 3.91. The fourth-order valence-electron chi connectivity index (χ4n) is 2.75. The lowest BCUT2D eigenvalue weighted by atomic mass is 10.1. The Bertz CT molecular complexity index is 667.